The number of fused-ring (bicyclic) bond motifs is 7. The summed E-state index contributed by atoms with van der Waals surface area (Å²) in [4.78, 5) is 0. The maximum atomic E-state index is 2.47. The van der Waals surface area contributed by atoms with E-state index in [0.717, 1.165) is 0 Å². The maximum Gasteiger partial charge on any atom is -0.000709 e. The highest BCUT2D eigenvalue weighted by Crippen LogP contribution is 2.59. The maximum absolute atomic E-state index is 2.47. The fraction of sp³-hybridized carbons (Fsp3) is 0.0370. The summed E-state index contributed by atoms with van der Waals surface area (Å²) in [5, 5.41) is 10.3. The van der Waals surface area contributed by atoms with Crippen LogP contribution < -0.4 is 0 Å². The van der Waals surface area contributed by atoms with Gasteiger partial charge >= 0.3 is 0 Å². The van der Waals surface area contributed by atoms with Crippen LogP contribution in [0, 0.1) is 13.8 Å². The van der Waals surface area contributed by atoms with Crippen LogP contribution in [0.2, 0.25) is 0 Å². The molecule has 0 nitrogen and oxygen atoms in total. The van der Waals surface area contributed by atoms with Gasteiger partial charge in [-0.3, -0.25) is 0 Å². The average Bonchev–Trinajstić information content (AvgIpc) is 3.54. The van der Waals surface area contributed by atoms with Gasteiger partial charge in [-0.2, -0.15) is 0 Å². The highest BCUT2D eigenvalue weighted by molar-refractivity contribution is 6.31. The van der Waals surface area contributed by atoms with Crippen molar-refractivity contribution in [1.82, 2.24) is 0 Å². The van der Waals surface area contributed by atoms with Gasteiger partial charge in [0.05, 0.1) is 0 Å². The first-order valence-electron chi connectivity index (χ1n) is 18.9. The third-order valence-electron chi connectivity index (χ3n) is 11.8. The lowest BCUT2D eigenvalue weighted by Crippen LogP contribution is -1.96. The molecule has 0 radical (unpaired) electrons. The number of rotatable bonds is 4. The molecule has 11 rings (SSSR count). The van der Waals surface area contributed by atoms with E-state index in [1.807, 2.05) is 0 Å². The number of aryl methyl sites for hydroxylation is 2. The van der Waals surface area contributed by atoms with E-state index in [9.17, 15) is 0 Å². The van der Waals surface area contributed by atoms with Gasteiger partial charge in [-0.25, -0.2) is 0 Å². The SMILES string of the molecule is Cc1ccccc1-c1c2c(c(-c3ccccc3C)c3cc(-c4ccc5cc(-c6ccccc6)ccc5c4)ccc13)-c1cccc3c1c-2cc1ccccc13. The first kappa shape index (κ1) is 30.8. The molecule has 0 heteroatoms. The minimum Gasteiger partial charge on any atom is -0.0622 e. The third-order valence-corrected chi connectivity index (χ3v) is 11.8. The molecule has 0 bridgehead atoms. The second-order valence-electron chi connectivity index (χ2n) is 14.9. The Morgan fingerprint density at radius 1 is 0.259 bits per heavy atom. The molecule has 0 N–H and O–H groups in total. The summed E-state index contributed by atoms with van der Waals surface area (Å²) in [5.74, 6) is 0. The lowest BCUT2D eigenvalue weighted by molar-refractivity contribution is 1.46. The summed E-state index contributed by atoms with van der Waals surface area (Å²) in [6.07, 6.45) is 0. The molecule has 0 aromatic heterocycles. The van der Waals surface area contributed by atoms with E-state index in [0.29, 0.717) is 0 Å². The number of hydrogen-bond acceptors (Lipinski definition) is 0. The molecular formula is C54H36. The van der Waals surface area contributed by atoms with Crippen molar-refractivity contribution in [2.45, 2.75) is 13.8 Å². The molecule has 54 heavy (non-hydrogen) atoms. The molecule has 0 amide bonds. The van der Waals surface area contributed by atoms with Gasteiger partial charge in [0, 0.05) is 0 Å². The molecule has 1 aliphatic carbocycles. The van der Waals surface area contributed by atoms with E-state index < -0.39 is 0 Å². The van der Waals surface area contributed by atoms with Gasteiger partial charge in [0.25, 0.3) is 0 Å². The third kappa shape index (κ3) is 4.57. The molecule has 1 aliphatic rings. The van der Waals surface area contributed by atoms with Crippen LogP contribution >= 0.6 is 0 Å². The molecule has 0 spiro atoms. The van der Waals surface area contributed by atoms with Gasteiger partial charge in [-0.1, -0.05) is 158 Å². The minimum absolute atomic E-state index is 1.22. The predicted octanol–water partition coefficient (Wildman–Crippen LogP) is 15.2. The van der Waals surface area contributed by atoms with Crippen molar-refractivity contribution in [2.75, 3.05) is 0 Å². The monoisotopic (exact) mass is 684 g/mol. The Hall–Kier alpha value is -6.76. The van der Waals surface area contributed by atoms with Crippen molar-refractivity contribution >= 4 is 43.1 Å². The van der Waals surface area contributed by atoms with E-state index in [-0.39, 0.29) is 0 Å². The first-order chi connectivity index (χ1) is 26.6. The predicted molar refractivity (Wildman–Crippen MR) is 232 cm³/mol. The Kier molecular flexibility index (Phi) is 6.78. The van der Waals surface area contributed by atoms with Crippen LogP contribution in [0.1, 0.15) is 11.1 Å². The zero-order valence-electron chi connectivity index (χ0n) is 30.3. The van der Waals surface area contributed by atoms with Crippen molar-refractivity contribution < 1.29 is 0 Å². The van der Waals surface area contributed by atoms with Crippen LogP contribution in [-0.4, -0.2) is 0 Å². The summed E-state index contributed by atoms with van der Waals surface area (Å²) in [6, 6.07) is 67.8. The van der Waals surface area contributed by atoms with E-state index in [1.54, 1.807) is 0 Å². The summed E-state index contributed by atoms with van der Waals surface area (Å²) in [5.41, 5.74) is 18.1. The summed E-state index contributed by atoms with van der Waals surface area (Å²) >= 11 is 0. The average molecular weight is 685 g/mol. The molecule has 10 aromatic rings. The molecule has 0 aliphatic heterocycles. The molecule has 0 unspecified atom stereocenters. The second kappa shape index (κ2) is 11.9. The molecule has 0 saturated carbocycles. The van der Waals surface area contributed by atoms with Crippen molar-refractivity contribution in [2.24, 2.45) is 0 Å². The van der Waals surface area contributed by atoms with Crippen LogP contribution in [0.25, 0.3) is 110 Å². The molecule has 0 heterocycles. The van der Waals surface area contributed by atoms with Gasteiger partial charge in [0.15, 0.2) is 0 Å². The second-order valence-corrected chi connectivity index (χ2v) is 14.9. The Bertz CT molecular complexity index is 3160. The quantitative estimate of drug-likeness (QED) is 0.162. The highest BCUT2D eigenvalue weighted by atomic mass is 14.3. The minimum atomic E-state index is 1.22. The summed E-state index contributed by atoms with van der Waals surface area (Å²) in [7, 11) is 0. The van der Waals surface area contributed by atoms with Gasteiger partial charge in [-0.15, -0.1) is 0 Å². The normalized spacial score (nSPS) is 11.9. The van der Waals surface area contributed by atoms with Crippen LogP contribution in [0.5, 0.6) is 0 Å². The zero-order valence-corrected chi connectivity index (χ0v) is 30.3. The number of benzene rings is 10. The van der Waals surface area contributed by atoms with Gasteiger partial charge in [0.2, 0.25) is 0 Å². The van der Waals surface area contributed by atoms with Crippen LogP contribution in [-0.2, 0) is 0 Å². The highest BCUT2D eigenvalue weighted by Gasteiger charge is 2.32. The lowest BCUT2D eigenvalue weighted by atomic mass is 9.80. The summed E-state index contributed by atoms with van der Waals surface area (Å²) < 4.78 is 0. The number of hydrogen-bond donors (Lipinski definition) is 0. The fourth-order valence-electron chi connectivity index (χ4n) is 9.28. The topological polar surface area (TPSA) is 0 Å². The van der Waals surface area contributed by atoms with E-state index in [4.69, 9.17) is 0 Å². The standard InChI is InChI=1S/C54H36/c1-33-13-6-9-18-42(33)51-46-28-27-40(39-26-25-37-29-36(23-24-38(37)30-39)35-15-4-3-5-16-35)31-48(46)52(43-19-10-7-14-34(43)2)53-47-22-12-21-45-44-20-11-8-17-41(44)32-49(50(45)47)54(51)53/h3-32H,1-2H3. The van der Waals surface area contributed by atoms with Crippen molar-refractivity contribution in [3.05, 3.63) is 193 Å². The Morgan fingerprint density at radius 2 is 0.796 bits per heavy atom. The molecule has 10 aromatic carbocycles. The van der Waals surface area contributed by atoms with Crippen molar-refractivity contribution in [3.63, 3.8) is 0 Å². The fourth-order valence-corrected chi connectivity index (χ4v) is 9.28. The lowest BCUT2D eigenvalue weighted by Gasteiger charge is -2.23. The molecule has 0 atom stereocenters. The molecule has 0 saturated heterocycles. The van der Waals surface area contributed by atoms with Gasteiger partial charge in [-0.05, 0) is 159 Å². The molecular weight excluding hydrogens is 649 g/mol. The molecule has 0 fully saturated rings. The van der Waals surface area contributed by atoms with E-state index in [2.05, 4.69) is 196 Å². The van der Waals surface area contributed by atoms with E-state index in [1.165, 1.54) is 121 Å². The Labute approximate surface area is 315 Å². The Morgan fingerprint density at radius 3 is 1.52 bits per heavy atom. The van der Waals surface area contributed by atoms with Gasteiger partial charge in [0.1, 0.15) is 0 Å². The molecule has 252 valence electrons. The van der Waals surface area contributed by atoms with Crippen LogP contribution in [0.4, 0.5) is 0 Å². The largest absolute Gasteiger partial charge is 0.0622 e. The van der Waals surface area contributed by atoms with Crippen molar-refractivity contribution in [3.8, 4) is 66.8 Å². The first-order valence-corrected chi connectivity index (χ1v) is 18.9. The van der Waals surface area contributed by atoms with Crippen LogP contribution in [0.3, 0.4) is 0 Å². The van der Waals surface area contributed by atoms with E-state index >= 15 is 0 Å². The summed E-state index contributed by atoms with van der Waals surface area (Å²) in [6.45, 7) is 4.52. The zero-order chi connectivity index (χ0) is 35.9. The Balaban J connectivity index is 1.24. The van der Waals surface area contributed by atoms with Crippen LogP contribution in [0.15, 0.2) is 182 Å². The van der Waals surface area contributed by atoms with Gasteiger partial charge < -0.3 is 0 Å². The van der Waals surface area contributed by atoms with Crippen molar-refractivity contribution in [1.29, 1.82) is 0 Å². The smallest absolute Gasteiger partial charge is 0.000709 e.